The van der Waals surface area contributed by atoms with Crippen molar-refractivity contribution < 1.29 is 24.2 Å². The maximum Gasteiger partial charge on any atom is 0.415 e. The Morgan fingerprint density at radius 2 is 1.85 bits per heavy atom. The Bertz CT molecular complexity index is 1620. The van der Waals surface area contributed by atoms with E-state index in [4.69, 9.17) is 14.5 Å². The van der Waals surface area contributed by atoms with Crippen molar-refractivity contribution in [1.29, 1.82) is 0 Å². The number of pyridine rings is 2. The topological polar surface area (TPSA) is 114 Å². The second-order valence-corrected chi connectivity index (χ2v) is 11.5. The fourth-order valence-electron chi connectivity index (χ4n) is 7.02. The van der Waals surface area contributed by atoms with Crippen LogP contribution in [0.3, 0.4) is 0 Å². The van der Waals surface area contributed by atoms with E-state index in [1.165, 1.54) is 32.4 Å². The van der Waals surface area contributed by atoms with Crippen LogP contribution >= 0.6 is 0 Å². The Morgan fingerprint density at radius 3 is 2.61 bits per heavy atom. The van der Waals surface area contributed by atoms with Crippen molar-refractivity contribution in [1.82, 2.24) is 19.4 Å². The van der Waals surface area contributed by atoms with Crippen molar-refractivity contribution in [3.05, 3.63) is 56.9 Å². The minimum Gasteiger partial charge on any atom is -0.458 e. The lowest BCUT2D eigenvalue weighted by Gasteiger charge is -2.39. The van der Waals surface area contributed by atoms with Crippen molar-refractivity contribution >= 4 is 23.0 Å². The van der Waals surface area contributed by atoms with Gasteiger partial charge in [-0.15, -0.1) is 0 Å². The maximum atomic E-state index is 13.3. The highest BCUT2D eigenvalue weighted by Gasteiger charge is 2.35. The number of aliphatic hydroxyl groups excluding tert-OH is 1. The van der Waals surface area contributed by atoms with Crippen molar-refractivity contribution in [2.45, 2.75) is 70.7 Å². The number of aliphatic hydroxyl groups is 1. The van der Waals surface area contributed by atoms with E-state index >= 15 is 0 Å². The highest BCUT2D eigenvalue weighted by molar-refractivity contribution is 5.90. The van der Waals surface area contributed by atoms with Crippen LogP contribution in [0.5, 0.6) is 5.75 Å². The van der Waals surface area contributed by atoms with E-state index in [2.05, 4.69) is 4.90 Å². The van der Waals surface area contributed by atoms with Crippen LogP contribution in [0.15, 0.2) is 29.1 Å². The van der Waals surface area contributed by atoms with Crippen LogP contribution in [0.2, 0.25) is 0 Å². The van der Waals surface area contributed by atoms with Gasteiger partial charge < -0.3 is 28.9 Å². The van der Waals surface area contributed by atoms with Gasteiger partial charge in [-0.25, -0.2) is 14.6 Å². The standard InChI is InChI=1S/C31H34N4O6/c1-2-20-21-14-19(41-31(39)34-12-8-18(9-13-34)33-10-4-3-5-11-33)6-7-25(21)32-27-23(20)16-35-26(27)15-22-24(29(35)37)17-40-30(38)28(22)36/h6-7,14-15,18,28,36H,2-5,8-13,16-17H2,1H3/t28-/m0/s1. The second-order valence-electron chi connectivity index (χ2n) is 11.5. The molecule has 0 saturated carbocycles. The van der Waals surface area contributed by atoms with Gasteiger partial charge in [0.25, 0.3) is 5.56 Å². The van der Waals surface area contributed by atoms with Gasteiger partial charge in [0, 0.05) is 35.6 Å². The van der Waals surface area contributed by atoms with Crippen LogP contribution < -0.4 is 10.3 Å². The third kappa shape index (κ3) is 4.40. The minimum atomic E-state index is -1.49. The number of piperidine rings is 2. The molecular weight excluding hydrogens is 524 g/mol. The Labute approximate surface area is 237 Å². The number of aryl methyl sites for hydroxylation is 1. The molecule has 2 aromatic heterocycles. The number of cyclic esters (lactones) is 1. The molecule has 3 aromatic rings. The lowest BCUT2D eigenvalue weighted by atomic mass is 9.97. The zero-order valence-electron chi connectivity index (χ0n) is 23.2. The van der Waals surface area contributed by atoms with Crippen molar-refractivity contribution in [3.63, 3.8) is 0 Å². The molecular formula is C31H34N4O6. The van der Waals surface area contributed by atoms with Gasteiger partial charge in [-0.2, -0.15) is 0 Å². The monoisotopic (exact) mass is 558 g/mol. The Kier molecular flexibility index (Phi) is 6.54. The number of likely N-dealkylation sites (tertiary alicyclic amines) is 2. The number of carbonyl (C=O) groups excluding carboxylic acids is 2. The molecule has 0 radical (unpaired) electrons. The summed E-state index contributed by atoms with van der Waals surface area (Å²) < 4.78 is 12.5. The van der Waals surface area contributed by atoms with Crippen LogP contribution in [0.4, 0.5) is 4.79 Å². The van der Waals surface area contributed by atoms with Gasteiger partial charge >= 0.3 is 12.1 Å². The lowest BCUT2D eigenvalue weighted by Crippen LogP contribution is -2.48. The molecule has 41 heavy (non-hydrogen) atoms. The fraction of sp³-hybridized carbons (Fsp3) is 0.484. The van der Waals surface area contributed by atoms with Crippen LogP contribution in [0.25, 0.3) is 22.3 Å². The van der Waals surface area contributed by atoms with Gasteiger partial charge in [0.1, 0.15) is 12.4 Å². The number of esters is 1. The van der Waals surface area contributed by atoms with E-state index < -0.39 is 12.1 Å². The van der Waals surface area contributed by atoms with Crippen LogP contribution in [-0.4, -0.2) is 68.7 Å². The largest absolute Gasteiger partial charge is 0.458 e. The molecule has 1 amide bonds. The summed E-state index contributed by atoms with van der Waals surface area (Å²) in [5, 5.41) is 11.3. The summed E-state index contributed by atoms with van der Waals surface area (Å²) >= 11 is 0. The number of benzene rings is 1. The summed E-state index contributed by atoms with van der Waals surface area (Å²) in [6.07, 6.45) is 4.69. The van der Waals surface area contributed by atoms with Gasteiger partial charge in [-0.05, 0) is 75.0 Å². The van der Waals surface area contributed by atoms with Gasteiger partial charge in [0.15, 0.2) is 6.10 Å². The average molecular weight is 559 g/mol. The summed E-state index contributed by atoms with van der Waals surface area (Å²) in [6.45, 7) is 5.97. The van der Waals surface area contributed by atoms with E-state index in [1.54, 1.807) is 21.6 Å². The number of nitrogens with zero attached hydrogens (tertiary/aromatic N) is 4. The molecule has 10 heteroatoms. The summed E-state index contributed by atoms with van der Waals surface area (Å²) in [6, 6.07) is 7.71. The molecule has 4 aliphatic heterocycles. The first-order valence-electron chi connectivity index (χ1n) is 14.7. The number of rotatable bonds is 3. The van der Waals surface area contributed by atoms with Crippen molar-refractivity contribution in [3.8, 4) is 17.1 Å². The highest BCUT2D eigenvalue weighted by Crippen LogP contribution is 2.39. The summed E-state index contributed by atoms with van der Waals surface area (Å²) in [5.41, 5.74) is 4.22. The molecule has 10 nitrogen and oxygen atoms in total. The van der Waals surface area contributed by atoms with E-state index in [1.807, 2.05) is 19.1 Å². The number of fused-ring (bicyclic) bond motifs is 5. The number of amides is 1. The molecule has 0 unspecified atom stereocenters. The van der Waals surface area contributed by atoms with Crippen LogP contribution in [0, 0.1) is 0 Å². The molecule has 4 aliphatic rings. The number of ether oxygens (including phenoxy) is 2. The normalized spacial score (nSPS) is 20.9. The summed E-state index contributed by atoms with van der Waals surface area (Å²) in [4.78, 5) is 47.6. The van der Waals surface area contributed by atoms with E-state index in [-0.39, 0.29) is 23.8 Å². The summed E-state index contributed by atoms with van der Waals surface area (Å²) in [7, 11) is 0. The third-order valence-corrected chi connectivity index (χ3v) is 9.23. The predicted molar refractivity (Wildman–Crippen MR) is 151 cm³/mol. The molecule has 0 spiro atoms. The Hall–Kier alpha value is -3.76. The molecule has 0 aliphatic carbocycles. The zero-order chi connectivity index (χ0) is 28.2. The molecule has 0 bridgehead atoms. The predicted octanol–water partition coefficient (Wildman–Crippen LogP) is 3.53. The Balaban J connectivity index is 1.14. The van der Waals surface area contributed by atoms with Gasteiger partial charge in [0.2, 0.25) is 0 Å². The van der Waals surface area contributed by atoms with E-state index in [0.29, 0.717) is 54.8 Å². The maximum absolute atomic E-state index is 13.3. The quantitative estimate of drug-likeness (QED) is 0.380. The molecule has 214 valence electrons. The second kappa shape index (κ2) is 10.3. The van der Waals surface area contributed by atoms with Crippen LogP contribution in [-0.2, 0) is 29.1 Å². The first-order chi connectivity index (χ1) is 19.9. The number of carbonyl (C=O) groups is 2. The summed E-state index contributed by atoms with van der Waals surface area (Å²) in [5.74, 6) is -0.284. The van der Waals surface area contributed by atoms with Crippen molar-refractivity contribution in [2.75, 3.05) is 26.2 Å². The van der Waals surface area contributed by atoms with E-state index in [9.17, 15) is 19.5 Å². The molecule has 2 fully saturated rings. The molecule has 1 atom stereocenters. The molecule has 2 saturated heterocycles. The highest BCUT2D eigenvalue weighted by atomic mass is 16.6. The lowest BCUT2D eigenvalue weighted by molar-refractivity contribution is -0.157. The first-order valence-corrected chi connectivity index (χ1v) is 14.7. The van der Waals surface area contributed by atoms with Crippen LogP contribution in [0.1, 0.15) is 67.4 Å². The number of aromatic nitrogens is 2. The average Bonchev–Trinajstić information content (AvgIpc) is 3.37. The Morgan fingerprint density at radius 1 is 1.07 bits per heavy atom. The fourth-order valence-corrected chi connectivity index (χ4v) is 7.02. The molecule has 1 N–H and O–H groups in total. The number of hydrogen-bond acceptors (Lipinski definition) is 8. The molecule has 6 heterocycles. The van der Waals surface area contributed by atoms with Gasteiger partial charge in [-0.1, -0.05) is 13.3 Å². The zero-order valence-corrected chi connectivity index (χ0v) is 23.2. The molecule has 7 rings (SSSR count). The first kappa shape index (κ1) is 26.2. The molecule has 1 aromatic carbocycles. The number of hydrogen-bond donors (Lipinski definition) is 1. The van der Waals surface area contributed by atoms with Crippen molar-refractivity contribution in [2.24, 2.45) is 0 Å². The minimum absolute atomic E-state index is 0.151. The third-order valence-electron chi connectivity index (χ3n) is 9.23. The SMILES string of the molecule is CCc1c2c(nc3ccc(OC(=O)N4CCC(N5CCCCC5)CC4)cc13)-c1cc3c(c(=O)n1C2)COC(=O)[C@H]3O. The van der Waals surface area contributed by atoms with E-state index in [0.717, 1.165) is 34.9 Å². The van der Waals surface area contributed by atoms with Gasteiger partial charge in [0.05, 0.1) is 29.0 Å². The van der Waals surface area contributed by atoms with Gasteiger partial charge in [-0.3, -0.25) is 4.79 Å². The smallest absolute Gasteiger partial charge is 0.415 e.